The summed E-state index contributed by atoms with van der Waals surface area (Å²) in [6.07, 6.45) is 0. The van der Waals surface area contributed by atoms with Crippen molar-refractivity contribution < 1.29 is 9.90 Å². The average molecular weight is 218 g/mol. The van der Waals surface area contributed by atoms with Crippen molar-refractivity contribution >= 4 is 17.0 Å². The molecule has 84 valence electrons. The van der Waals surface area contributed by atoms with Gasteiger partial charge in [-0.15, -0.1) is 0 Å². The van der Waals surface area contributed by atoms with E-state index in [2.05, 4.69) is 18.8 Å². The number of aromatic nitrogens is 2. The summed E-state index contributed by atoms with van der Waals surface area (Å²) in [6, 6.07) is 5.48. The van der Waals surface area contributed by atoms with Crippen molar-refractivity contribution in [2.45, 2.75) is 19.8 Å². The molecule has 0 aliphatic rings. The van der Waals surface area contributed by atoms with Crippen LogP contribution in [0.3, 0.4) is 0 Å². The van der Waals surface area contributed by atoms with E-state index in [-0.39, 0.29) is 5.69 Å². The fourth-order valence-electron chi connectivity index (χ4n) is 1.76. The van der Waals surface area contributed by atoms with Gasteiger partial charge >= 0.3 is 5.97 Å². The van der Waals surface area contributed by atoms with E-state index in [0.717, 1.165) is 16.7 Å². The molecule has 2 rings (SSSR count). The number of nitrogens with zero attached hydrogens (tertiary/aromatic N) is 2. The van der Waals surface area contributed by atoms with E-state index in [1.54, 1.807) is 17.7 Å². The average Bonchev–Trinajstić information content (AvgIpc) is 2.55. The van der Waals surface area contributed by atoms with Gasteiger partial charge in [-0.05, 0) is 24.1 Å². The molecule has 16 heavy (non-hydrogen) atoms. The number of pyridine rings is 1. The number of carboxylic acid groups (broad SMARTS) is 1. The third-order valence-corrected chi connectivity index (χ3v) is 2.73. The lowest BCUT2D eigenvalue weighted by atomic mass is 10.1. The van der Waals surface area contributed by atoms with E-state index in [4.69, 9.17) is 5.11 Å². The number of rotatable bonds is 2. The van der Waals surface area contributed by atoms with Crippen molar-refractivity contribution in [3.8, 4) is 0 Å². The van der Waals surface area contributed by atoms with Gasteiger partial charge in [0.2, 0.25) is 0 Å². The van der Waals surface area contributed by atoms with Crippen molar-refractivity contribution in [2.75, 3.05) is 0 Å². The lowest BCUT2D eigenvalue weighted by Gasteiger charge is -2.04. The van der Waals surface area contributed by atoms with E-state index >= 15 is 0 Å². The Kier molecular flexibility index (Phi) is 2.42. The molecule has 0 saturated carbocycles. The summed E-state index contributed by atoms with van der Waals surface area (Å²) in [7, 11) is 1.74. The Bertz CT molecular complexity index is 555. The molecule has 4 heteroatoms. The summed E-state index contributed by atoms with van der Waals surface area (Å²) < 4.78 is 1.65. The highest BCUT2D eigenvalue weighted by Gasteiger charge is 2.13. The number of hydrogen-bond donors (Lipinski definition) is 1. The van der Waals surface area contributed by atoms with Crippen molar-refractivity contribution in [1.82, 2.24) is 9.55 Å². The molecule has 0 saturated heterocycles. The Morgan fingerprint density at radius 3 is 2.69 bits per heavy atom. The summed E-state index contributed by atoms with van der Waals surface area (Å²) in [5.74, 6) is -0.579. The van der Waals surface area contributed by atoms with Crippen molar-refractivity contribution in [2.24, 2.45) is 7.05 Å². The largest absolute Gasteiger partial charge is 0.477 e. The number of fused-ring (bicyclic) bond motifs is 1. The summed E-state index contributed by atoms with van der Waals surface area (Å²) >= 11 is 0. The zero-order valence-corrected chi connectivity index (χ0v) is 9.56. The highest BCUT2D eigenvalue weighted by molar-refractivity contribution is 5.93. The molecule has 4 nitrogen and oxygen atoms in total. The number of hydrogen-bond acceptors (Lipinski definition) is 2. The predicted molar refractivity (Wildman–Crippen MR) is 61.8 cm³/mol. The number of carboxylic acids is 1. The minimum absolute atomic E-state index is 0.267. The summed E-state index contributed by atoms with van der Waals surface area (Å²) in [5, 5.41) is 9.00. The molecule has 0 amide bonds. The smallest absolute Gasteiger partial charge is 0.352 e. The second-order valence-electron chi connectivity index (χ2n) is 4.19. The lowest BCUT2D eigenvalue weighted by molar-refractivity contribution is 0.0687. The minimum Gasteiger partial charge on any atom is -0.477 e. The van der Waals surface area contributed by atoms with Crippen LogP contribution in [0.15, 0.2) is 18.2 Å². The van der Waals surface area contributed by atoms with Crippen LogP contribution >= 0.6 is 0 Å². The molecule has 0 spiro atoms. The molecule has 0 aliphatic heterocycles. The van der Waals surface area contributed by atoms with Gasteiger partial charge in [-0.1, -0.05) is 13.8 Å². The van der Waals surface area contributed by atoms with Gasteiger partial charge in [0.15, 0.2) is 0 Å². The van der Waals surface area contributed by atoms with Crippen molar-refractivity contribution in [3.05, 3.63) is 29.6 Å². The minimum atomic E-state index is -0.924. The monoisotopic (exact) mass is 218 g/mol. The molecule has 0 radical (unpaired) electrons. The highest BCUT2D eigenvalue weighted by Crippen LogP contribution is 2.20. The molecule has 0 aromatic carbocycles. The quantitative estimate of drug-likeness (QED) is 0.842. The van der Waals surface area contributed by atoms with E-state index in [9.17, 15) is 4.79 Å². The molecule has 0 fully saturated rings. The Balaban J connectivity index is 2.67. The lowest BCUT2D eigenvalue weighted by Crippen LogP contribution is -2.03. The number of aromatic carboxylic acids is 1. The first-order valence-electron chi connectivity index (χ1n) is 5.20. The van der Waals surface area contributed by atoms with Gasteiger partial charge < -0.3 is 9.67 Å². The van der Waals surface area contributed by atoms with Crippen LogP contribution in [0.25, 0.3) is 11.0 Å². The maximum Gasteiger partial charge on any atom is 0.352 e. The summed E-state index contributed by atoms with van der Waals surface area (Å²) in [4.78, 5) is 15.4. The van der Waals surface area contributed by atoms with Crippen molar-refractivity contribution in [3.63, 3.8) is 0 Å². The van der Waals surface area contributed by atoms with Crippen LogP contribution in [0.2, 0.25) is 0 Å². The van der Waals surface area contributed by atoms with Crippen LogP contribution in [0.4, 0.5) is 0 Å². The van der Waals surface area contributed by atoms with Gasteiger partial charge in [-0.3, -0.25) is 4.98 Å². The van der Waals surface area contributed by atoms with Crippen molar-refractivity contribution in [1.29, 1.82) is 0 Å². The molecule has 0 unspecified atom stereocenters. The second kappa shape index (κ2) is 3.63. The summed E-state index contributed by atoms with van der Waals surface area (Å²) in [6.45, 7) is 4.13. The number of aryl methyl sites for hydroxylation is 1. The van der Waals surface area contributed by atoms with Gasteiger partial charge in [0.05, 0.1) is 11.0 Å². The standard InChI is InChI=1S/C12H14N2O2/c1-7(2)8-4-5-10-9(13-8)6-11(12(15)16)14(10)3/h4-7H,1-3H3,(H,15,16). The Morgan fingerprint density at radius 1 is 1.44 bits per heavy atom. The SMILES string of the molecule is CC(C)c1ccc2c(cc(C(=O)O)n2C)n1. The molecule has 2 aromatic rings. The topological polar surface area (TPSA) is 55.1 Å². The fourth-order valence-corrected chi connectivity index (χ4v) is 1.76. The highest BCUT2D eigenvalue weighted by atomic mass is 16.4. The predicted octanol–water partition coefficient (Wildman–Crippen LogP) is 2.39. The zero-order valence-electron chi connectivity index (χ0n) is 9.56. The molecule has 0 bridgehead atoms. The molecule has 0 aliphatic carbocycles. The Labute approximate surface area is 93.5 Å². The van der Waals surface area contributed by atoms with Crippen LogP contribution in [-0.2, 0) is 7.05 Å². The number of carbonyl (C=O) groups is 1. The maximum absolute atomic E-state index is 11.0. The van der Waals surface area contributed by atoms with Crippen LogP contribution < -0.4 is 0 Å². The maximum atomic E-state index is 11.0. The fraction of sp³-hybridized carbons (Fsp3) is 0.333. The van der Waals surface area contributed by atoms with Gasteiger partial charge in [0, 0.05) is 12.7 Å². The van der Waals surface area contributed by atoms with E-state index in [1.807, 2.05) is 12.1 Å². The van der Waals surface area contributed by atoms with Crippen LogP contribution in [0.1, 0.15) is 35.9 Å². The van der Waals surface area contributed by atoms with Crippen LogP contribution in [0.5, 0.6) is 0 Å². The van der Waals surface area contributed by atoms with E-state index in [0.29, 0.717) is 5.92 Å². The molecule has 2 heterocycles. The second-order valence-corrected chi connectivity index (χ2v) is 4.19. The van der Waals surface area contributed by atoms with E-state index < -0.39 is 5.97 Å². The van der Waals surface area contributed by atoms with Gasteiger partial charge in [0.1, 0.15) is 5.69 Å². The van der Waals surface area contributed by atoms with E-state index in [1.165, 1.54) is 0 Å². The summed E-state index contributed by atoms with van der Waals surface area (Å²) in [5.41, 5.74) is 2.84. The van der Waals surface area contributed by atoms with Gasteiger partial charge in [-0.25, -0.2) is 4.79 Å². The normalized spacial score (nSPS) is 11.2. The first-order valence-corrected chi connectivity index (χ1v) is 5.20. The third kappa shape index (κ3) is 1.56. The molecule has 2 aromatic heterocycles. The molecular weight excluding hydrogens is 204 g/mol. The molecular formula is C12H14N2O2. The first kappa shape index (κ1) is 10.7. The van der Waals surface area contributed by atoms with Gasteiger partial charge in [-0.2, -0.15) is 0 Å². The Hall–Kier alpha value is -1.84. The van der Waals surface area contributed by atoms with Crippen LogP contribution in [0, 0.1) is 0 Å². The third-order valence-electron chi connectivity index (χ3n) is 2.73. The van der Waals surface area contributed by atoms with Crippen LogP contribution in [-0.4, -0.2) is 20.6 Å². The molecule has 0 atom stereocenters. The molecule has 1 N–H and O–H groups in total. The first-order chi connectivity index (χ1) is 7.50. The Morgan fingerprint density at radius 2 is 2.12 bits per heavy atom. The zero-order chi connectivity index (χ0) is 11.9. The van der Waals surface area contributed by atoms with Gasteiger partial charge in [0.25, 0.3) is 0 Å².